The number of nitrogens with one attached hydrogen (secondary N) is 2. The van der Waals surface area contributed by atoms with Crippen LogP contribution in [0.25, 0.3) is 21.7 Å². The molecule has 0 atom stereocenters. The normalized spacial score (nSPS) is 15.5. The number of aryl methyl sites for hydroxylation is 1. The Bertz CT molecular complexity index is 1540. The molecule has 1 fully saturated rings. The third-order valence-electron chi connectivity index (χ3n) is 6.81. The molecule has 2 aliphatic rings. The van der Waals surface area contributed by atoms with E-state index in [2.05, 4.69) is 35.1 Å². The molecule has 0 radical (unpaired) electrons. The van der Waals surface area contributed by atoms with Crippen molar-refractivity contribution in [1.29, 1.82) is 0 Å². The van der Waals surface area contributed by atoms with Crippen molar-refractivity contribution in [3.8, 4) is 22.8 Å². The molecule has 2 heterocycles. The first kappa shape index (κ1) is 27.8. The number of carbonyl (C=O) groups is 2. The van der Waals surface area contributed by atoms with E-state index in [0.29, 0.717) is 41.0 Å². The minimum atomic E-state index is -3.73. The average molecular weight is 565 g/mol. The van der Waals surface area contributed by atoms with Crippen molar-refractivity contribution >= 4 is 17.6 Å². The predicted molar refractivity (Wildman–Crippen MR) is 144 cm³/mol. The number of aromatic nitrogens is 1. The predicted octanol–water partition coefficient (Wildman–Crippen LogP) is 5.11. The van der Waals surface area contributed by atoms with Gasteiger partial charge in [-0.3, -0.25) is 9.59 Å². The fraction of sp³-hybridized carbons (Fsp3) is 0.321. The van der Waals surface area contributed by atoms with Crippen LogP contribution in [0, 0.1) is 6.92 Å². The van der Waals surface area contributed by atoms with Crippen LogP contribution in [0.15, 0.2) is 59.7 Å². The molecule has 212 valence electrons. The lowest BCUT2D eigenvalue weighted by atomic mass is 9.94. The van der Waals surface area contributed by atoms with Gasteiger partial charge in [-0.1, -0.05) is 29.4 Å². The summed E-state index contributed by atoms with van der Waals surface area (Å²) >= 11 is 0. The summed E-state index contributed by atoms with van der Waals surface area (Å²) in [6, 6.07) is 14.9. The second kappa shape index (κ2) is 11.4. The molecule has 11 nitrogen and oxygen atoms in total. The number of pyridine rings is 1. The molecule has 1 aromatic heterocycles. The van der Waals surface area contributed by atoms with Crippen molar-refractivity contribution in [3.05, 3.63) is 81.7 Å². The van der Waals surface area contributed by atoms with Crippen LogP contribution in [0.2, 0.25) is 0 Å². The molecule has 1 aliphatic heterocycles. The van der Waals surface area contributed by atoms with E-state index in [4.69, 9.17) is 10.3 Å². The van der Waals surface area contributed by atoms with Crippen LogP contribution in [0.3, 0.4) is 0 Å². The lowest BCUT2D eigenvalue weighted by Crippen LogP contribution is -2.28. The number of rotatable bonds is 11. The largest absolute Gasteiger partial charge is 0.586 e. The number of nitrogens with zero attached hydrogens (tertiary/aromatic N) is 4. The molecule has 2 aromatic carbocycles. The summed E-state index contributed by atoms with van der Waals surface area (Å²) in [5.74, 6) is -0.456. The lowest BCUT2D eigenvalue weighted by molar-refractivity contribution is -0.286. The highest BCUT2D eigenvalue weighted by molar-refractivity contribution is 6.01. The summed E-state index contributed by atoms with van der Waals surface area (Å²) < 4.78 is 41.2. The van der Waals surface area contributed by atoms with Crippen LogP contribution < -0.4 is 20.1 Å². The maximum atomic E-state index is 13.5. The molecule has 3 aromatic rings. The van der Waals surface area contributed by atoms with Crippen LogP contribution in [0.5, 0.6) is 11.5 Å². The van der Waals surface area contributed by atoms with Gasteiger partial charge in [0.1, 0.15) is 5.82 Å². The molecule has 0 saturated heterocycles. The van der Waals surface area contributed by atoms with Gasteiger partial charge in [0.15, 0.2) is 11.5 Å². The van der Waals surface area contributed by atoms with Gasteiger partial charge < -0.3 is 24.8 Å². The molecule has 0 unspecified atom stereocenters. The van der Waals surface area contributed by atoms with E-state index in [1.54, 1.807) is 30.3 Å². The van der Waals surface area contributed by atoms with Crippen LogP contribution in [-0.2, 0) is 14.9 Å². The van der Waals surface area contributed by atoms with Crippen molar-refractivity contribution in [3.63, 3.8) is 0 Å². The van der Waals surface area contributed by atoms with E-state index < -0.39 is 11.7 Å². The van der Waals surface area contributed by atoms with E-state index in [-0.39, 0.29) is 49.6 Å². The summed E-state index contributed by atoms with van der Waals surface area (Å²) in [5.41, 5.74) is 10.5. The van der Waals surface area contributed by atoms with Crippen LogP contribution >= 0.6 is 0 Å². The minimum Gasteiger partial charge on any atom is -0.395 e. The quantitative estimate of drug-likeness (QED) is 0.143. The Morgan fingerprint density at radius 2 is 1.90 bits per heavy atom. The zero-order chi connectivity index (χ0) is 29.0. The molecule has 1 saturated carbocycles. The van der Waals surface area contributed by atoms with Gasteiger partial charge in [0.05, 0.1) is 24.3 Å². The van der Waals surface area contributed by atoms with Crippen molar-refractivity contribution in [2.45, 2.75) is 31.5 Å². The zero-order valence-electron chi connectivity index (χ0n) is 22.0. The smallest absolute Gasteiger partial charge is 0.395 e. The fourth-order valence-electron chi connectivity index (χ4n) is 4.54. The number of benzene rings is 2. The zero-order valence-corrected chi connectivity index (χ0v) is 22.0. The molecule has 41 heavy (non-hydrogen) atoms. The summed E-state index contributed by atoms with van der Waals surface area (Å²) in [4.78, 5) is 33.3. The van der Waals surface area contributed by atoms with Crippen molar-refractivity contribution in [1.82, 2.24) is 10.3 Å². The van der Waals surface area contributed by atoms with E-state index in [1.807, 2.05) is 19.1 Å². The van der Waals surface area contributed by atoms with Gasteiger partial charge >= 0.3 is 6.29 Å². The second-order valence-electron chi connectivity index (χ2n) is 9.63. The topological polar surface area (TPSA) is 148 Å². The summed E-state index contributed by atoms with van der Waals surface area (Å²) in [5, 5.41) is 9.01. The second-order valence-corrected chi connectivity index (χ2v) is 9.63. The number of amides is 2. The number of carbonyl (C=O) groups excluding carboxylic acids is 2. The highest BCUT2D eigenvalue weighted by Gasteiger charge is 2.53. The van der Waals surface area contributed by atoms with Gasteiger partial charge in [0.25, 0.3) is 5.91 Å². The summed E-state index contributed by atoms with van der Waals surface area (Å²) in [6.45, 7) is 2.92. The first-order valence-electron chi connectivity index (χ1n) is 12.9. The maximum Gasteiger partial charge on any atom is 0.586 e. The third-order valence-corrected chi connectivity index (χ3v) is 6.81. The molecule has 5 rings (SSSR count). The van der Waals surface area contributed by atoms with E-state index in [1.165, 1.54) is 12.1 Å². The summed E-state index contributed by atoms with van der Waals surface area (Å²) in [6.07, 6.45) is -2.64. The highest BCUT2D eigenvalue weighted by atomic mass is 19.3. The van der Waals surface area contributed by atoms with Crippen LogP contribution in [0.4, 0.5) is 14.6 Å². The van der Waals surface area contributed by atoms with Gasteiger partial charge in [-0.2, -0.15) is 0 Å². The number of hydrogen-bond donors (Lipinski definition) is 2. The van der Waals surface area contributed by atoms with Gasteiger partial charge in [0, 0.05) is 29.1 Å². The number of fused-ring (bicyclic) bond motifs is 1. The average Bonchev–Trinajstić information content (AvgIpc) is 3.70. The van der Waals surface area contributed by atoms with Gasteiger partial charge in [-0.25, -0.2) is 4.98 Å². The number of ether oxygens (including phenoxy) is 3. The molecular formula is C28H26F2N6O5. The van der Waals surface area contributed by atoms with E-state index in [0.717, 1.165) is 5.56 Å². The Kier molecular flexibility index (Phi) is 7.73. The number of halogens is 2. The van der Waals surface area contributed by atoms with Gasteiger partial charge in [-0.05, 0) is 66.8 Å². The number of anilines is 1. The molecule has 0 bridgehead atoms. The Morgan fingerprint density at radius 3 is 2.68 bits per heavy atom. The fourth-order valence-corrected chi connectivity index (χ4v) is 4.54. The number of azide groups is 1. The van der Waals surface area contributed by atoms with Crippen molar-refractivity contribution in [2.24, 2.45) is 5.11 Å². The van der Waals surface area contributed by atoms with Crippen molar-refractivity contribution in [2.75, 3.05) is 31.6 Å². The summed E-state index contributed by atoms with van der Waals surface area (Å²) in [7, 11) is 0. The molecule has 0 spiro atoms. The molecule has 2 amide bonds. The SMILES string of the molecule is Cc1ccc(NC(=O)C2(c3ccc4c(c3)OC(F)(F)O4)CC2)nc1-c1cccc(C(=O)NCCOCCN=[N+]=[N-])c1. The highest BCUT2D eigenvalue weighted by Crippen LogP contribution is 2.52. The third kappa shape index (κ3) is 6.21. The molecule has 13 heteroatoms. The first-order chi connectivity index (χ1) is 19.7. The Hall–Kier alpha value is -4.74. The number of alkyl halides is 2. The van der Waals surface area contributed by atoms with Crippen molar-refractivity contribution < 1.29 is 32.6 Å². The lowest BCUT2D eigenvalue weighted by Gasteiger charge is -2.17. The molecular weight excluding hydrogens is 538 g/mol. The first-order valence-corrected chi connectivity index (χ1v) is 12.9. The minimum absolute atomic E-state index is 0.0775. The van der Waals surface area contributed by atoms with Crippen LogP contribution in [-0.4, -0.2) is 49.4 Å². The monoisotopic (exact) mass is 564 g/mol. The molecule has 1 aliphatic carbocycles. The maximum absolute atomic E-state index is 13.5. The molecule has 2 N–H and O–H groups in total. The Labute approximate surface area is 233 Å². The Balaban J connectivity index is 1.26. The number of hydrogen-bond acceptors (Lipinski definition) is 7. The van der Waals surface area contributed by atoms with Crippen LogP contribution in [0.1, 0.15) is 34.3 Å². The standard InChI is InChI=1S/C28H26F2N6O5/c1-17-5-8-23(35-26(38)27(9-10-27)20-6-7-21-22(16-20)41-28(29,30)40-21)34-24(17)18-3-2-4-19(15-18)25(37)32-11-13-39-14-12-33-36-31/h2-8,15-16H,9-14H2,1H3,(H,32,37)(H,34,35,38). The Morgan fingerprint density at radius 1 is 1.10 bits per heavy atom. The van der Waals surface area contributed by atoms with E-state index >= 15 is 0 Å². The van der Waals surface area contributed by atoms with Gasteiger partial charge in [-0.15, -0.1) is 8.78 Å². The van der Waals surface area contributed by atoms with E-state index in [9.17, 15) is 18.4 Å². The van der Waals surface area contributed by atoms with Gasteiger partial charge in [0.2, 0.25) is 5.91 Å².